The van der Waals surface area contributed by atoms with Crippen LogP contribution in [0.1, 0.15) is 43.2 Å². The number of benzene rings is 1. The molecule has 0 saturated carbocycles. The zero-order valence-corrected chi connectivity index (χ0v) is 18.7. The molecule has 0 bridgehead atoms. The largest absolute Gasteiger partial charge is 0.268 e. The van der Waals surface area contributed by atoms with Crippen molar-refractivity contribution >= 4 is 39.5 Å². The molecule has 5 nitrogen and oxygen atoms in total. The van der Waals surface area contributed by atoms with E-state index in [9.17, 15) is 4.79 Å². The van der Waals surface area contributed by atoms with Gasteiger partial charge in [0.2, 0.25) is 10.5 Å². The molecule has 3 heterocycles. The van der Waals surface area contributed by atoms with Crippen LogP contribution >= 0.6 is 23.6 Å². The number of hydrogen-bond donors (Lipinski definition) is 1. The fourth-order valence-electron chi connectivity index (χ4n) is 4.54. The molecule has 3 aromatic heterocycles. The van der Waals surface area contributed by atoms with Crippen LogP contribution < -0.4 is 5.56 Å². The first-order valence-corrected chi connectivity index (χ1v) is 11.2. The number of para-hydroxylation sites is 1. The second-order valence-electron chi connectivity index (χ2n) is 9.08. The second kappa shape index (κ2) is 6.37. The van der Waals surface area contributed by atoms with E-state index in [0.717, 1.165) is 40.7 Å². The van der Waals surface area contributed by atoms with Gasteiger partial charge in [0.05, 0.1) is 11.1 Å². The Morgan fingerprint density at radius 3 is 2.76 bits per heavy atom. The zero-order chi connectivity index (χ0) is 20.5. The number of hydrogen-bond acceptors (Lipinski definition) is 4. The Morgan fingerprint density at radius 1 is 1.28 bits per heavy atom. The summed E-state index contributed by atoms with van der Waals surface area (Å²) in [5.41, 5.74) is 3.35. The highest BCUT2D eigenvalue weighted by Crippen LogP contribution is 2.42. The van der Waals surface area contributed by atoms with Gasteiger partial charge in [-0.25, -0.2) is 14.1 Å². The van der Waals surface area contributed by atoms with Gasteiger partial charge < -0.3 is 0 Å². The lowest BCUT2D eigenvalue weighted by Gasteiger charge is -2.33. The number of aromatic amines is 1. The second-order valence-corrected chi connectivity index (χ2v) is 10.6. The highest BCUT2D eigenvalue weighted by atomic mass is 32.1. The maximum Gasteiger partial charge on any atom is 0.268 e. The maximum absolute atomic E-state index is 13.8. The molecule has 0 amide bonds. The van der Waals surface area contributed by atoms with Crippen molar-refractivity contribution in [3.05, 3.63) is 55.4 Å². The molecular formula is C22H24N4OS2. The molecule has 0 saturated heterocycles. The quantitative estimate of drug-likeness (QED) is 0.426. The summed E-state index contributed by atoms with van der Waals surface area (Å²) < 4.78 is 4.18. The maximum atomic E-state index is 13.8. The van der Waals surface area contributed by atoms with Gasteiger partial charge in [-0.05, 0) is 66.9 Å². The fourth-order valence-corrected chi connectivity index (χ4v) is 6.24. The molecule has 0 radical (unpaired) electrons. The summed E-state index contributed by atoms with van der Waals surface area (Å²) in [7, 11) is 0. The summed E-state index contributed by atoms with van der Waals surface area (Å²) in [5, 5.41) is 8.13. The van der Waals surface area contributed by atoms with Crippen LogP contribution in [-0.2, 0) is 12.8 Å². The lowest BCUT2D eigenvalue weighted by atomic mass is 9.72. The first kappa shape index (κ1) is 18.8. The topological polar surface area (TPSA) is 55.1 Å². The van der Waals surface area contributed by atoms with Gasteiger partial charge in [0.25, 0.3) is 5.56 Å². The van der Waals surface area contributed by atoms with Crippen molar-refractivity contribution in [2.75, 3.05) is 0 Å². The SMILES string of the molecule is Cc1ccccc1-n1c(=O)c2c3c(sc2n2c(=S)[nH]nc12)C[C@@H](C(C)(C)C)CC3. The van der Waals surface area contributed by atoms with E-state index in [0.29, 0.717) is 16.5 Å². The Bertz CT molecular complexity index is 1380. The molecule has 5 rings (SSSR count). The van der Waals surface area contributed by atoms with Crippen LogP contribution in [-0.4, -0.2) is 19.2 Å². The summed E-state index contributed by atoms with van der Waals surface area (Å²) in [6.45, 7) is 8.95. The van der Waals surface area contributed by atoms with E-state index in [-0.39, 0.29) is 11.0 Å². The molecule has 1 atom stereocenters. The van der Waals surface area contributed by atoms with Crippen molar-refractivity contribution < 1.29 is 0 Å². The lowest BCUT2D eigenvalue weighted by molar-refractivity contribution is 0.218. The Balaban J connectivity index is 1.88. The molecule has 0 fully saturated rings. The summed E-state index contributed by atoms with van der Waals surface area (Å²) >= 11 is 7.27. The van der Waals surface area contributed by atoms with Crippen LogP contribution in [0.15, 0.2) is 29.1 Å². The van der Waals surface area contributed by atoms with Crippen LogP contribution in [0.5, 0.6) is 0 Å². The minimum Gasteiger partial charge on any atom is -0.268 e. The predicted molar refractivity (Wildman–Crippen MR) is 121 cm³/mol. The number of nitrogens with zero attached hydrogens (tertiary/aromatic N) is 3. The Morgan fingerprint density at radius 2 is 2.03 bits per heavy atom. The van der Waals surface area contributed by atoms with Crippen LogP contribution in [0.25, 0.3) is 21.7 Å². The molecule has 1 aliphatic carbocycles. The van der Waals surface area contributed by atoms with Crippen molar-refractivity contribution in [3.8, 4) is 5.69 Å². The van der Waals surface area contributed by atoms with Crippen molar-refractivity contribution in [1.82, 2.24) is 19.2 Å². The Labute approximate surface area is 178 Å². The average molecular weight is 425 g/mol. The van der Waals surface area contributed by atoms with Crippen molar-refractivity contribution in [2.24, 2.45) is 11.3 Å². The minimum atomic E-state index is 0.00232. The van der Waals surface area contributed by atoms with Gasteiger partial charge in [0, 0.05) is 4.88 Å². The molecule has 150 valence electrons. The van der Waals surface area contributed by atoms with E-state index in [1.807, 2.05) is 35.6 Å². The zero-order valence-electron chi connectivity index (χ0n) is 17.1. The monoisotopic (exact) mass is 424 g/mol. The smallest absolute Gasteiger partial charge is 0.268 e. The molecule has 1 aliphatic rings. The molecule has 0 spiro atoms. The van der Waals surface area contributed by atoms with Gasteiger partial charge in [-0.15, -0.1) is 16.4 Å². The third-order valence-electron chi connectivity index (χ3n) is 6.30. The van der Waals surface area contributed by atoms with Crippen molar-refractivity contribution in [3.63, 3.8) is 0 Å². The third kappa shape index (κ3) is 2.74. The van der Waals surface area contributed by atoms with Gasteiger partial charge in [-0.3, -0.25) is 4.79 Å². The lowest BCUT2D eigenvalue weighted by Crippen LogP contribution is -2.27. The van der Waals surface area contributed by atoms with Crippen molar-refractivity contribution in [2.45, 2.75) is 47.0 Å². The number of thiophene rings is 1. The molecule has 29 heavy (non-hydrogen) atoms. The van der Waals surface area contributed by atoms with Crippen LogP contribution in [0, 0.1) is 23.0 Å². The van der Waals surface area contributed by atoms with Crippen LogP contribution in [0.2, 0.25) is 0 Å². The standard InChI is InChI=1S/C22H24N4OS2/c1-12-7-5-6-8-15(12)25-18(27)17-14-10-9-13(22(2,3)4)11-16(14)29-19(17)26-20(25)23-24-21(26)28/h5-8,13H,9-11H2,1-4H3,(H,24,28)/t13-/m0/s1. The highest BCUT2D eigenvalue weighted by molar-refractivity contribution is 7.71. The van der Waals surface area contributed by atoms with E-state index in [2.05, 4.69) is 31.0 Å². The van der Waals surface area contributed by atoms with Gasteiger partial charge in [-0.1, -0.05) is 39.0 Å². The average Bonchev–Trinajstić information content (AvgIpc) is 3.22. The Kier molecular flexibility index (Phi) is 4.12. The minimum absolute atomic E-state index is 0.00232. The predicted octanol–water partition coefficient (Wildman–Crippen LogP) is 5.22. The Hall–Kier alpha value is -2.25. The van der Waals surface area contributed by atoms with Gasteiger partial charge in [0.15, 0.2) is 0 Å². The number of rotatable bonds is 1. The van der Waals surface area contributed by atoms with Crippen LogP contribution in [0.3, 0.4) is 0 Å². The van der Waals surface area contributed by atoms with E-state index in [1.54, 1.807) is 15.9 Å². The molecule has 1 aromatic carbocycles. The normalized spacial score (nSPS) is 17.2. The van der Waals surface area contributed by atoms with Gasteiger partial charge in [0.1, 0.15) is 4.83 Å². The summed E-state index contributed by atoms with van der Waals surface area (Å²) in [6, 6.07) is 7.91. The molecule has 0 aliphatic heterocycles. The molecule has 0 unspecified atom stereocenters. The van der Waals surface area contributed by atoms with E-state index in [1.165, 1.54) is 10.4 Å². The highest BCUT2D eigenvalue weighted by Gasteiger charge is 2.32. The van der Waals surface area contributed by atoms with Crippen LogP contribution in [0.4, 0.5) is 0 Å². The number of H-pyrrole nitrogens is 1. The first-order valence-electron chi connectivity index (χ1n) is 9.99. The number of nitrogens with one attached hydrogen (secondary N) is 1. The first-order chi connectivity index (χ1) is 13.8. The third-order valence-corrected chi connectivity index (χ3v) is 7.82. The molecule has 4 aromatic rings. The summed E-state index contributed by atoms with van der Waals surface area (Å²) in [4.78, 5) is 16.0. The van der Waals surface area contributed by atoms with E-state index >= 15 is 0 Å². The van der Waals surface area contributed by atoms with Crippen molar-refractivity contribution in [1.29, 1.82) is 0 Å². The molecular weight excluding hydrogens is 400 g/mol. The molecule has 7 heteroatoms. The van der Waals surface area contributed by atoms with E-state index in [4.69, 9.17) is 12.2 Å². The number of aromatic nitrogens is 4. The molecule has 1 N–H and O–H groups in total. The number of fused-ring (bicyclic) bond motifs is 5. The summed E-state index contributed by atoms with van der Waals surface area (Å²) in [6.07, 6.45) is 3.08. The summed E-state index contributed by atoms with van der Waals surface area (Å²) in [5.74, 6) is 1.17. The fraction of sp³-hybridized carbons (Fsp3) is 0.409. The number of aryl methyl sites for hydroxylation is 2. The van der Waals surface area contributed by atoms with Gasteiger partial charge >= 0.3 is 0 Å². The van der Waals surface area contributed by atoms with Gasteiger partial charge in [-0.2, -0.15) is 0 Å². The van der Waals surface area contributed by atoms with E-state index < -0.39 is 0 Å².